The molecule has 4 nitrogen and oxygen atoms in total. The van der Waals surface area contributed by atoms with Crippen LogP contribution >= 0.6 is 0 Å². The van der Waals surface area contributed by atoms with Gasteiger partial charge in [-0.15, -0.1) is 0 Å². The Kier molecular flexibility index (Phi) is 3.79. The fourth-order valence-corrected chi connectivity index (χ4v) is 1.68. The van der Waals surface area contributed by atoms with Gasteiger partial charge in [-0.25, -0.2) is 0 Å². The summed E-state index contributed by atoms with van der Waals surface area (Å²) in [5.74, 6) is 0.760. The first-order chi connectivity index (χ1) is 8.65. The number of hydrogen-bond donors (Lipinski definition) is 1. The maximum atomic E-state index is 11.6. The summed E-state index contributed by atoms with van der Waals surface area (Å²) in [6, 6.07) is 11.3. The van der Waals surface area contributed by atoms with Crippen molar-refractivity contribution >= 4 is 11.6 Å². The number of carbonyl (C=O) groups is 1. The van der Waals surface area contributed by atoms with Gasteiger partial charge in [0.05, 0.1) is 12.8 Å². The number of furan rings is 1. The van der Waals surface area contributed by atoms with Gasteiger partial charge in [0.2, 0.25) is 5.91 Å². The SMILES string of the molecule is CN(C)CC(=O)Nc1cccc(-c2ccco2)c1. The molecule has 4 heteroatoms. The number of hydrogen-bond acceptors (Lipinski definition) is 3. The van der Waals surface area contributed by atoms with Gasteiger partial charge < -0.3 is 14.6 Å². The topological polar surface area (TPSA) is 45.5 Å². The smallest absolute Gasteiger partial charge is 0.238 e. The Labute approximate surface area is 106 Å². The van der Waals surface area contributed by atoms with Gasteiger partial charge in [0.25, 0.3) is 0 Å². The second-order valence-electron chi connectivity index (χ2n) is 4.34. The summed E-state index contributed by atoms with van der Waals surface area (Å²) in [6.07, 6.45) is 1.63. The third-order valence-electron chi connectivity index (χ3n) is 2.41. The van der Waals surface area contributed by atoms with E-state index in [1.54, 1.807) is 6.26 Å². The molecule has 0 spiro atoms. The Morgan fingerprint density at radius 2 is 2.11 bits per heavy atom. The van der Waals surface area contributed by atoms with Crippen LogP contribution in [0.5, 0.6) is 0 Å². The van der Waals surface area contributed by atoms with Gasteiger partial charge in [0, 0.05) is 11.3 Å². The lowest BCUT2D eigenvalue weighted by Crippen LogP contribution is -2.27. The first kappa shape index (κ1) is 12.4. The van der Waals surface area contributed by atoms with Crippen LogP contribution in [0.1, 0.15) is 0 Å². The van der Waals surface area contributed by atoms with E-state index in [1.165, 1.54) is 0 Å². The molecule has 18 heavy (non-hydrogen) atoms. The van der Waals surface area contributed by atoms with Crippen LogP contribution in [0.3, 0.4) is 0 Å². The first-order valence-electron chi connectivity index (χ1n) is 5.73. The minimum absolute atomic E-state index is 0.0309. The predicted octanol–water partition coefficient (Wildman–Crippen LogP) is 2.45. The molecule has 1 aromatic carbocycles. The van der Waals surface area contributed by atoms with Gasteiger partial charge in [-0.3, -0.25) is 4.79 Å². The van der Waals surface area contributed by atoms with Gasteiger partial charge in [-0.2, -0.15) is 0 Å². The average molecular weight is 244 g/mol. The van der Waals surface area contributed by atoms with Crippen molar-refractivity contribution in [3.63, 3.8) is 0 Å². The molecule has 0 radical (unpaired) electrons. The highest BCUT2D eigenvalue weighted by molar-refractivity contribution is 5.92. The summed E-state index contributed by atoms with van der Waals surface area (Å²) in [4.78, 5) is 13.5. The summed E-state index contributed by atoms with van der Waals surface area (Å²) in [5.41, 5.74) is 1.72. The van der Waals surface area contributed by atoms with Crippen molar-refractivity contribution in [3.05, 3.63) is 42.7 Å². The molecule has 1 heterocycles. The van der Waals surface area contributed by atoms with Crippen LogP contribution in [0.2, 0.25) is 0 Å². The van der Waals surface area contributed by atoms with Crippen molar-refractivity contribution in [3.8, 4) is 11.3 Å². The van der Waals surface area contributed by atoms with E-state index < -0.39 is 0 Å². The van der Waals surface area contributed by atoms with Gasteiger partial charge in [-0.1, -0.05) is 12.1 Å². The number of likely N-dealkylation sites (N-methyl/N-ethyl adjacent to an activating group) is 1. The van der Waals surface area contributed by atoms with Crippen LogP contribution in [-0.4, -0.2) is 31.4 Å². The minimum atomic E-state index is -0.0309. The van der Waals surface area contributed by atoms with E-state index in [0.717, 1.165) is 17.0 Å². The fourth-order valence-electron chi connectivity index (χ4n) is 1.68. The molecule has 1 aromatic heterocycles. The maximum Gasteiger partial charge on any atom is 0.238 e. The third-order valence-corrected chi connectivity index (χ3v) is 2.41. The first-order valence-corrected chi connectivity index (χ1v) is 5.73. The lowest BCUT2D eigenvalue weighted by Gasteiger charge is -2.10. The molecule has 2 aromatic rings. The molecular formula is C14H16N2O2. The van der Waals surface area contributed by atoms with E-state index in [0.29, 0.717) is 6.54 Å². The highest BCUT2D eigenvalue weighted by atomic mass is 16.3. The lowest BCUT2D eigenvalue weighted by molar-refractivity contribution is -0.116. The van der Waals surface area contributed by atoms with Crippen LogP contribution in [0.25, 0.3) is 11.3 Å². The number of carbonyl (C=O) groups excluding carboxylic acids is 1. The standard InChI is InChI=1S/C14H16N2O2/c1-16(2)10-14(17)15-12-6-3-5-11(9-12)13-7-4-8-18-13/h3-9H,10H2,1-2H3,(H,15,17). The molecule has 0 atom stereocenters. The highest BCUT2D eigenvalue weighted by Gasteiger charge is 2.05. The number of amides is 1. The van der Waals surface area contributed by atoms with E-state index in [-0.39, 0.29) is 5.91 Å². The zero-order chi connectivity index (χ0) is 13.0. The molecule has 0 aliphatic carbocycles. The van der Waals surface area contributed by atoms with Gasteiger partial charge in [0.15, 0.2) is 0 Å². The van der Waals surface area contributed by atoms with Crippen LogP contribution in [-0.2, 0) is 4.79 Å². The van der Waals surface area contributed by atoms with E-state index in [9.17, 15) is 4.79 Å². The van der Waals surface area contributed by atoms with Crippen LogP contribution in [0, 0.1) is 0 Å². The highest BCUT2D eigenvalue weighted by Crippen LogP contribution is 2.22. The number of rotatable bonds is 4. The number of nitrogens with one attached hydrogen (secondary N) is 1. The molecule has 0 fully saturated rings. The van der Waals surface area contributed by atoms with E-state index >= 15 is 0 Å². The molecule has 0 saturated heterocycles. The van der Waals surface area contributed by atoms with Crippen LogP contribution in [0.4, 0.5) is 5.69 Å². The Morgan fingerprint density at radius 1 is 1.28 bits per heavy atom. The fraction of sp³-hybridized carbons (Fsp3) is 0.214. The van der Waals surface area contributed by atoms with Crippen molar-refractivity contribution in [1.29, 1.82) is 0 Å². The van der Waals surface area contributed by atoms with Crippen molar-refractivity contribution in [2.45, 2.75) is 0 Å². The molecule has 0 unspecified atom stereocenters. The zero-order valence-corrected chi connectivity index (χ0v) is 10.5. The second kappa shape index (κ2) is 5.51. The molecule has 1 N–H and O–H groups in total. The predicted molar refractivity (Wildman–Crippen MR) is 71.3 cm³/mol. The molecular weight excluding hydrogens is 228 g/mol. The average Bonchev–Trinajstić information content (AvgIpc) is 2.81. The van der Waals surface area contributed by atoms with Gasteiger partial charge in [0.1, 0.15) is 5.76 Å². The molecule has 1 amide bonds. The monoisotopic (exact) mass is 244 g/mol. The molecule has 0 aliphatic rings. The molecule has 0 saturated carbocycles. The van der Waals surface area contributed by atoms with E-state index in [1.807, 2.05) is 55.4 Å². The van der Waals surface area contributed by atoms with Crippen molar-refractivity contribution in [2.24, 2.45) is 0 Å². The summed E-state index contributed by atoms with van der Waals surface area (Å²) >= 11 is 0. The molecule has 94 valence electrons. The second-order valence-corrected chi connectivity index (χ2v) is 4.34. The Morgan fingerprint density at radius 3 is 2.78 bits per heavy atom. The Hall–Kier alpha value is -2.07. The van der Waals surface area contributed by atoms with Crippen molar-refractivity contribution in [1.82, 2.24) is 4.90 Å². The summed E-state index contributed by atoms with van der Waals surface area (Å²) in [7, 11) is 3.72. The van der Waals surface area contributed by atoms with Crippen molar-refractivity contribution < 1.29 is 9.21 Å². The van der Waals surface area contributed by atoms with Gasteiger partial charge in [-0.05, 0) is 38.4 Å². The third kappa shape index (κ3) is 3.21. The Bertz CT molecular complexity index is 518. The van der Waals surface area contributed by atoms with Crippen molar-refractivity contribution in [2.75, 3.05) is 26.0 Å². The van der Waals surface area contributed by atoms with Crippen LogP contribution < -0.4 is 5.32 Å². The quantitative estimate of drug-likeness (QED) is 0.898. The van der Waals surface area contributed by atoms with E-state index in [4.69, 9.17) is 4.42 Å². The van der Waals surface area contributed by atoms with Gasteiger partial charge >= 0.3 is 0 Å². The number of nitrogens with zero attached hydrogens (tertiary/aromatic N) is 1. The normalized spacial score (nSPS) is 10.6. The zero-order valence-electron chi connectivity index (χ0n) is 10.5. The summed E-state index contributed by atoms with van der Waals surface area (Å²) < 4.78 is 5.32. The largest absolute Gasteiger partial charge is 0.464 e. The number of anilines is 1. The van der Waals surface area contributed by atoms with E-state index in [2.05, 4.69) is 5.32 Å². The molecule has 0 bridgehead atoms. The molecule has 0 aliphatic heterocycles. The number of benzene rings is 1. The Balaban J connectivity index is 2.11. The summed E-state index contributed by atoms with van der Waals surface area (Å²) in [5, 5.41) is 2.85. The minimum Gasteiger partial charge on any atom is -0.464 e. The van der Waals surface area contributed by atoms with Crippen LogP contribution in [0.15, 0.2) is 47.1 Å². The lowest BCUT2D eigenvalue weighted by atomic mass is 10.1. The molecule has 2 rings (SSSR count). The maximum absolute atomic E-state index is 11.6. The summed E-state index contributed by atoms with van der Waals surface area (Å²) in [6.45, 7) is 0.366.